The van der Waals surface area contributed by atoms with Gasteiger partial charge in [-0.25, -0.2) is 0 Å². The van der Waals surface area contributed by atoms with E-state index in [0.29, 0.717) is 14.5 Å². The summed E-state index contributed by atoms with van der Waals surface area (Å²) < 4.78 is 4.78. The maximum atomic E-state index is 2.30. The van der Waals surface area contributed by atoms with Crippen molar-refractivity contribution in [3.8, 4) is 10.4 Å². The summed E-state index contributed by atoms with van der Waals surface area (Å²) in [4.78, 5) is 2.94. The van der Waals surface area contributed by atoms with Gasteiger partial charge < -0.3 is 0 Å². The van der Waals surface area contributed by atoms with Crippen molar-refractivity contribution >= 4 is 46.1 Å². The number of fused-ring (bicyclic) bond motifs is 1. The monoisotopic (exact) mass is 312 g/mol. The summed E-state index contributed by atoms with van der Waals surface area (Å²) >= 11 is 4.40. The van der Waals surface area contributed by atoms with Crippen molar-refractivity contribution in [2.45, 2.75) is 20.8 Å². The molecule has 3 aromatic rings. The third-order valence-corrected chi connectivity index (χ3v) is 7.91. The molecule has 0 amide bonds. The van der Waals surface area contributed by atoms with Gasteiger partial charge in [0.1, 0.15) is 0 Å². The molecule has 0 spiro atoms. The van der Waals surface area contributed by atoms with Crippen LogP contribution in [0.2, 0.25) is 0 Å². The van der Waals surface area contributed by atoms with Gasteiger partial charge in [0.2, 0.25) is 0 Å². The van der Waals surface area contributed by atoms with Crippen LogP contribution in [-0.2, 0) is 0 Å². The van der Waals surface area contributed by atoms with Crippen LogP contribution >= 0.6 is 22.7 Å². The fraction of sp³-hybridized carbons (Fsp3) is 0.231. The molecule has 0 saturated carbocycles. The first-order valence-corrected chi connectivity index (χ1v) is 8.62. The van der Waals surface area contributed by atoms with E-state index in [9.17, 15) is 0 Å². The summed E-state index contributed by atoms with van der Waals surface area (Å²) in [5, 5.41) is 2.17. The molecule has 0 N–H and O–H groups in total. The molecule has 16 heavy (non-hydrogen) atoms. The average molecular weight is 311 g/mol. The molecule has 0 unspecified atom stereocenters. The zero-order chi connectivity index (χ0) is 11.3. The Morgan fingerprint density at radius 1 is 1.19 bits per heavy atom. The topological polar surface area (TPSA) is 0 Å². The summed E-state index contributed by atoms with van der Waals surface area (Å²) in [6.07, 6.45) is 0. The number of rotatable bonds is 1. The van der Waals surface area contributed by atoms with Crippen LogP contribution in [0.5, 0.6) is 0 Å². The molecule has 3 heteroatoms. The van der Waals surface area contributed by atoms with Crippen LogP contribution in [0.3, 0.4) is 0 Å². The van der Waals surface area contributed by atoms with Crippen molar-refractivity contribution < 1.29 is 0 Å². The minimum atomic E-state index is 0.559. The molecular formula is C13H12S2Se. The van der Waals surface area contributed by atoms with Gasteiger partial charge in [0, 0.05) is 0 Å². The summed E-state index contributed by atoms with van der Waals surface area (Å²) in [7, 11) is 0. The Bertz CT molecular complexity index is 641. The van der Waals surface area contributed by atoms with Crippen LogP contribution < -0.4 is 0 Å². The van der Waals surface area contributed by atoms with Gasteiger partial charge in [0.15, 0.2) is 0 Å². The molecule has 82 valence electrons. The number of hydrogen-bond donors (Lipinski definition) is 0. The molecule has 0 fully saturated rings. The summed E-state index contributed by atoms with van der Waals surface area (Å²) in [5.74, 6) is 0. The Hall–Kier alpha value is -0.341. The van der Waals surface area contributed by atoms with E-state index >= 15 is 0 Å². The summed E-state index contributed by atoms with van der Waals surface area (Å²) in [6, 6.07) is 4.40. The number of aryl methyl sites for hydroxylation is 3. The summed E-state index contributed by atoms with van der Waals surface area (Å²) in [5.41, 5.74) is 3.07. The Kier molecular flexibility index (Phi) is 2.60. The zero-order valence-corrected chi connectivity index (χ0v) is 12.8. The van der Waals surface area contributed by atoms with E-state index in [0.717, 1.165) is 0 Å². The van der Waals surface area contributed by atoms with Crippen molar-refractivity contribution in [1.82, 2.24) is 0 Å². The second kappa shape index (κ2) is 3.85. The van der Waals surface area contributed by atoms with Crippen molar-refractivity contribution in [2.75, 3.05) is 0 Å². The van der Waals surface area contributed by atoms with E-state index in [2.05, 4.69) is 38.3 Å². The SMILES string of the molecule is Cc1sc2c(-c3cccs3)c(C)[se]c2c1C. The van der Waals surface area contributed by atoms with Gasteiger partial charge in [-0.15, -0.1) is 0 Å². The molecule has 0 aliphatic carbocycles. The predicted molar refractivity (Wildman–Crippen MR) is 76.3 cm³/mol. The third-order valence-electron chi connectivity index (χ3n) is 2.93. The Morgan fingerprint density at radius 2 is 2.00 bits per heavy atom. The van der Waals surface area contributed by atoms with Crippen LogP contribution in [0.25, 0.3) is 19.4 Å². The van der Waals surface area contributed by atoms with Crippen LogP contribution in [0, 0.1) is 20.8 Å². The molecule has 0 atom stereocenters. The molecule has 0 saturated heterocycles. The zero-order valence-electron chi connectivity index (χ0n) is 9.46. The Balaban J connectivity index is 2.39. The Morgan fingerprint density at radius 3 is 2.69 bits per heavy atom. The fourth-order valence-corrected chi connectivity index (χ4v) is 7.30. The minimum absolute atomic E-state index is 0.559. The van der Waals surface area contributed by atoms with Crippen molar-refractivity contribution in [3.05, 3.63) is 32.4 Å². The summed E-state index contributed by atoms with van der Waals surface area (Å²) in [6.45, 7) is 6.82. The first-order chi connectivity index (χ1) is 7.68. The molecule has 0 bridgehead atoms. The van der Waals surface area contributed by atoms with Gasteiger partial charge in [-0.3, -0.25) is 0 Å². The number of thiophene rings is 2. The van der Waals surface area contributed by atoms with E-state index in [-0.39, 0.29) is 0 Å². The van der Waals surface area contributed by atoms with Gasteiger partial charge in [0.05, 0.1) is 0 Å². The van der Waals surface area contributed by atoms with Crippen LogP contribution in [0.15, 0.2) is 17.5 Å². The van der Waals surface area contributed by atoms with Gasteiger partial charge in [0.25, 0.3) is 0 Å². The molecule has 3 aromatic heterocycles. The standard InChI is InChI=1S/C13H12S2Se/c1-7-8(2)15-12-11(9(3)16-13(7)12)10-5-4-6-14-10/h4-6H,1-3H3. The van der Waals surface area contributed by atoms with Gasteiger partial charge in [-0.05, 0) is 0 Å². The van der Waals surface area contributed by atoms with E-state index in [1.807, 2.05) is 22.7 Å². The molecule has 0 aliphatic rings. The van der Waals surface area contributed by atoms with Crippen LogP contribution in [0.1, 0.15) is 14.9 Å². The molecule has 3 heterocycles. The van der Waals surface area contributed by atoms with E-state index in [4.69, 9.17) is 0 Å². The second-order valence-corrected chi connectivity index (χ2v) is 8.69. The van der Waals surface area contributed by atoms with Gasteiger partial charge in [-0.2, -0.15) is 0 Å². The van der Waals surface area contributed by atoms with Gasteiger partial charge in [-0.1, -0.05) is 0 Å². The first kappa shape index (κ1) is 10.8. The van der Waals surface area contributed by atoms with Crippen LogP contribution in [-0.4, -0.2) is 14.5 Å². The quantitative estimate of drug-likeness (QED) is 0.576. The maximum absolute atomic E-state index is 2.30. The van der Waals surface area contributed by atoms with Gasteiger partial charge >= 0.3 is 110 Å². The molecule has 0 aliphatic heterocycles. The van der Waals surface area contributed by atoms with E-state index < -0.39 is 0 Å². The molecule has 0 radical (unpaired) electrons. The Labute approximate surface area is 109 Å². The normalized spacial score (nSPS) is 11.4. The molecule has 3 rings (SSSR count). The van der Waals surface area contributed by atoms with Crippen molar-refractivity contribution in [1.29, 1.82) is 0 Å². The number of hydrogen-bond acceptors (Lipinski definition) is 2. The van der Waals surface area contributed by atoms with Crippen molar-refractivity contribution in [2.24, 2.45) is 0 Å². The molecule has 0 aromatic carbocycles. The third kappa shape index (κ3) is 1.46. The second-order valence-electron chi connectivity index (χ2n) is 3.95. The predicted octanol–water partition coefficient (Wildman–Crippen LogP) is 4.61. The van der Waals surface area contributed by atoms with Crippen LogP contribution in [0.4, 0.5) is 0 Å². The average Bonchev–Trinajstić information content (AvgIpc) is 2.89. The fourth-order valence-electron chi connectivity index (χ4n) is 1.96. The van der Waals surface area contributed by atoms with E-state index in [1.54, 1.807) is 13.4 Å². The first-order valence-electron chi connectivity index (χ1n) is 5.21. The molecule has 0 nitrogen and oxygen atoms in total. The van der Waals surface area contributed by atoms with Crippen molar-refractivity contribution in [3.63, 3.8) is 0 Å². The van der Waals surface area contributed by atoms with E-state index in [1.165, 1.54) is 20.9 Å². The molecular weight excluding hydrogens is 299 g/mol.